The first-order chi connectivity index (χ1) is 9.57. The molecule has 0 amide bonds. The molecule has 20 heavy (non-hydrogen) atoms. The van der Waals surface area contributed by atoms with Crippen LogP contribution in [0.5, 0.6) is 0 Å². The number of benzene rings is 1. The van der Waals surface area contributed by atoms with E-state index in [9.17, 15) is 8.42 Å². The van der Waals surface area contributed by atoms with Crippen LogP contribution < -0.4 is 0 Å². The molecule has 106 valence electrons. The molecule has 2 aromatic rings. The molecule has 1 fully saturated rings. The Kier molecular flexibility index (Phi) is 3.59. The average Bonchev–Trinajstić information content (AvgIpc) is 2.47. The number of hydrogen-bond donors (Lipinski definition) is 0. The van der Waals surface area contributed by atoms with Gasteiger partial charge in [-0.25, -0.2) is 8.42 Å². The second kappa shape index (κ2) is 5.25. The van der Waals surface area contributed by atoms with E-state index in [1.165, 1.54) is 4.31 Å². The third-order valence-electron chi connectivity index (χ3n) is 3.20. The normalized spacial score (nSPS) is 17.4. The van der Waals surface area contributed by atoms with Crippen LogP contribution in [-0.2, 0) is 14.8 Å². The van der Waals surface area contributed by atoms with Crippen molar-refractivity contribution in [1.82, 2.24) is 4.31 Å². The largest absolute Gasteiger partial charge is 0.445 e. The molecule has 2 heterocycles. The summed E-state index contributed by atoms with van der Waals surface area (Å²) in [7, 11) is -3.48. The Balaban J connectivity index is 2.04. The summed E-state index contributed by atoms with van der Waals surface area (Å²) in [4.78, 5) is 0.263. The van der Waals surface area contributed by atoms with Crippen LogP contribution in [0.2, 0.25) is 0 Å². The fourth-order valence-electron chi connectivity index (χ4n) is 2.15. The van der Waals surface area contributed by atoms with Gasteiger partial charge < -0.3 is 9.15 Å². The highest BCUT2D eigenvalue weighted by molar-refractivity contribution is 7.89. The maximum Gasteiger partial charge on any atom is 0.243 e. The molecule has 1 aliphatic rings. The fourth-order valence-corrected chi connectivity index (χ4v) is 3.75. The average molecular weight is 311 g/mol. The van der Waals surface area contributed by atoms with Crippen molar-refractivity contribution in [3.63, 3.8) is 0 Å². The molecule has 1 aromatic heterocycles. The highest BCUT2D eigenvalue weighted by Crippen LogP contribution is 2.22. The van der Waals surface area contributed by atoms with Gasteiger partial charge >= 0.3 is 0 Å². The Morgan fingerprint density at radius 1 is 1.10 bits per heavy atom. The second-order valence-electron chi connectivity index (χ2n) is 4.47. The van der Waals surface area contributed by atoms with E-state index in [1.807, 2.05) is 0 Å². The molecule has 3 rings (SSSR count). The number of rotatable bonds is 2. The lowest BCUT2D eigenvalue weighted by Crippen LogP contribution is -2.40. The van der Waals surface area contributed by atoms with Gasteiger partial charge in [0.15, 0.2) is 4.71 Å². The molecule has 0 N–H and O–H groups in total. The molecule has 1 aliphatic heterocycles. The summed E-state index contributed by atoms with van der Waals surface area (Å²) in [5.41, 5.74) is 0.582. The van der Waals surface area contributed by atoms with Crippen LogP contribution in [0.4, 0.5) is 0 Å². The number of fused-ring (bicyclic) bond motifs is 1. The van der Waals surface area contributed by atoms with Crippen LogP contribution in [0.25, 0.3) is 11.0 Å². The molecule has 0 radical (unpaired) electrons. The Morgan fingerprint density at radius 3 is 2.60 bits per heavy atom. The molecule has 0 unspecified atom stereocenters. The number of ether oxygens (including phenoxy) is 1. The molecule has 0 bridgehead atoms. The Labute approximate surface area is 121 Å². The van der Waals surface area contributed by atoms with Crippen LogP contribution in [0.3, 0.4) is 0 Å². The maximum absolute atomic E-state index is 12.5. The summed E-state index contributed by atoms with van der Waals surface area (Å²) in [6, 6.07) is 8.20. The van der Waals surface area contributed by atoms with Crippen LogP contribution in [0.15, 0.2) is 39.6 Å². The van der Waals surface area contributed by atoms with E-state index >= 15 is 0 Å². The van der Waals surface area contributed by atoms with Crippen molar-refractivity contribution in [3.05, 3.63) is 35.0 Å². The first kappa shape index (κ1) is 13.7. The zero-order chi connectivity index (χ0) is 14.2. The predicted octanol–water partition coefficient (Wildman–Crippen LogP) is 2.18. The molecular weight excluding hydrogens is 298 g/mol. The van der Waals surface area contributed by atoms with E-state index < -0.39 is 10.0 Å². The predicted molar refractivity (Wildman–Crippen MR) is 76.6 cm³/mol. The second-order valence-corrected chi connectivity index (χ2v) is 6.81. The number of morpholine rings is 1. The lowest BCUT2D eigenvalue weighted by molar-refractivity contribution is 0.0730. The molecule has 5 nitrogen and oxygen atoms in total. The smallest absolute Gasteiger partial charge is 0.243 e. The number of nitrogens with zero attached hydrogens (tertiary/aromatic N) is 1. The van der Waals surface area contributed by atoms with Crippen molar-refractivity contribution >= 4 is 33.2 Å². The highest BCUT2D eigenvalue weighted by Gasteiger charge is 2.26. The van der Waals surface area contributed by atoms with Gasteiger partial charge in [-0.2, -0.15) is 4.31 Å². The monoisotopic (exact) mass is 311 g/mol. The van der Waals surface area contributed by atoms with Gasteiger partial charge in [-0.15, -0.1) is 0 Å². The van der Waals surface area contributed by atoms with E-state index in [4.69, 9.17) is 21.4 Å². The Bertz CT molecular complexity index is 791. The van der Waals surface area contributed by atoms with Crippen LogP contribution >= 0.6 is 12.2 Å². The topological polar surface area (TPSA) is 59.8 Å². The molecule has 0 aliphatic carbocycles. The van der Waals surface area contributed by atoms with Gasteiger partial charge in [0.05, 0.1) is 18.1 Å². The Morgan fingerprint density at radius 2 is 1.85 bits per heavy atom. The van der Waals surface area contributed by atoms with Gasteiger partial charge in [-0.3, -0.25) is 0 Å². The Hall–Kier alpha value is -1.28. The lowest BCUT2D eigenvalue weighted by atomic mass is 10.2. The fraction of sp³-hybridized carbons (Fsp3) is 0.308. The van der Waals surface area contributed by atoms with Gasteiger partial charge in [0.25, 0.3) is 0 Å². The van der Waals surface area contributed by atoms with Crippen LogP contribution in [0, 0.1) is 4.71 Å². The van der Waals surface area contributed by atoms with E-state index in [1.54, 1.807) is 30.3 Å². The maximum atomic E-state index is 12.5. The van der Waals surface area contributed by atoms with Crippen molar-refractivity contribution in [2.45, 2.75) is 4.90 Å². The van der Waals surface area contributed by atoms with Crippen molar-refractivity contribution in [2.75, 3.05) is 26.3 Å². The quantitative estimate of drug-likeness (QED) is 0.796. The van der Waals surface area contributed by atoms with E-state index in [0.29, 0.717) is 42.0 Å². The highest BCUT2D eigenvalue weighted by atomic mass is 32.2. The summed E-state index contributed by atoms with van der Waals surface area (Å²) in [5, 5.41) is 0.716. The SMILES string of the molecule is O=S(=O)(c1ccc2oc(=S)ccc2c1)N1CCOCC1. The number of hydrogen-bond acceptors (Lipinski definition) is 5. The van der Waals surface area contributed by atoms with Gasteiger partial charge in [0, 0.05) is 18.5 Å². The van der Waals surface area contributed by atoms with E-state index in [0.717, 1.165) is 0 Å². The minimum Gasteiger partial charge on any atom is -0.445 e. The molecule has 1 aromatic carbocycles. The number of sulfonamides is 1. The van der Waals surface area contributed by atoms with Crippen molar-refractivity contribution in [3.8, 4) is 0 Å². The van der Waals surface area contributed by atoms with E-state index in [2.05, 4.69) is 0 Å². The van der Waals surface area contributed by atoms with Crippen molar-refractivity contribution in [1.29, 1.82) is 0 Å². The van der Waals surface area contributed by atoms with Gasteiger partial charge in [0.1, 0.15) is 5.58 Å². The molecule has 7 heteroatoms. The first-order valence-electron chi connectivity index (χ1n) is 6.19. The third kappa shape index (κ3) is 2.49. The summed E-state index contributed by atoms with van der Waals surface area (Å²) in [5.74, 6) is 0. The summed E-state index contributed by atoms with van der Waals surface area (Å²) < 4.78 is 37.4. The van der Waals surface area contributed by atoms with E-state index in [-0.39, 0.29) is 4.90 Å². The van der Waals surface area contributed by atoms with Gasteiger partial charge in [0.2, 0.25) is 10.0 Å². The van der Waals surface area contributed by atoms with Crippen LogP contribution in [-0.4, -0.2) is 39.0 Å². The molecule has 0 spiro atoms. The minimum absolute atomic E-state index is 0.263. The zero-order valence-electron chi connectivity index (χ0n) is 10.6. The third-order valence-corrected chi connectivity index (χ3v) is 5.31. The molecular formula is C13H13NO4S2. The standard InChI is InChI=1S/C13H13NO4S2/c15-20(16,14-5-7-17-8-6-14)11-2-3-12-10(9-11)1-4-13(19)18-12/h1-4,9H,5-8H2. The zero-order valence-corrected chi connectivity index (χ0v) is 12.2. The summed E-state index contributed by atoms with van der Waals surface area (Å²) in [6.07, 6.45) is 0. The van der Waals surface area contributed by atoms with Gasteiger partial charge in [-0.05, 0) is 42.5 Å². The minimum atomic E-state index is -3.48. The summed E-state index contributed by atoms with van der Waals surface area (Å²) in [6.45, 7) is 1.63. The van der Waals surface area contributed by atoms with Crippen molar-refractivity contribution in [2.24, 2.45) is 0 Å². The molecule has 0 atom stereocenters. The van der Waals surface area contributed by atoms with Gasteiger partial charge in [-0.1, -0.05) is 0 Å². The van der Waals surface area contributed by atoms with Crippen molar-refractivity contribution < 1.29 is 17.6 Å². The molecule has 1 saturated heterocycles. The first-order valence-corrected chi connectivity index (χ1v) is 8.04. The van der Waals surface area contributed by atoms with Crippen LogP contribution in [0.1, 0.15) is 0 Å². The lowest BCUT2D eigenvalue weighted by Gasteiger charge is -2.26. The summed E-state index contributed by atoms with van der Waals surface area (Å²) >= 11 is 4.94. The molecule has 0 saturated carbocycles.